The van der Waals surface area contributed by atoms with Gasteiger partial charge in [0.15, 0.2) is 11.5 Å². The SMILES string of the molecule is Cc1n[nH]c(=S)n(N=Cc2ccc(OCc3ccccc3)c(OCc3ccccc3)c2)c1=O. The summed E-state index contributed by atoms with van der Waals surface area (Å²) in [5.74, 6) is 1.18. The maximum atomic E-state index is 12.3. The standard InChI is InChI=1S/C25H22N4O3S/c1-18-24(30)29(25(33)28-27-18)26-15-21-12-13-22(31-16-19-8-4-2-5-9-19)23(14-21)32-17-20-10-6-3-7-11-20/h2-15H,16-17H2,1H3,(H,28,33). The van der Waals surface area contributed by atoms with Crippen molar-refractivity contribution >= 4 is 18.4 Å². The van der Waals surface area contributed by atoms with Gasteiger partial charge in [-0.3, -0.25) is 9.89 Å². The molecule has 7 nitrogen and oxygen atoms in total. The second kappa shape index (κ2) is 10.5. The van der Waals surface area contributed by atoms with E-state index in [1.54, 1.807) is 13.1 Å². The molecule has 166 valence electrons. The molecule has 0 bridgehead atoms. The zero-order chi connectivity index (χ0) is 23.0. The van der Waals surface area contributed by atoms with Gasteiger partial charge in [-0.15, -0.1) is 0 Å². The van der Waals surface area contributed by atoms with Gasteiger partial charge in [0.1, 0.15) is 18.9 Å². The van der Waals surface area contributed by atoms with Gasteiger partial charge >= 0.3 is 0 Å². The molecule has 3 aromatic carbocycles. The van der Waals surface area contributed by atoms with Crippen LogP contribution in [0.1, 0.15) is 22.4 Å². The topological polar surface area (TPSA) is 81.5 Å². The Balaban J connectivity index is 1.60. The molecule has 1 aromatic heterocycles. The number of aryl methyl sites for hydroxylation is 1. The monoisotopic (exact) mass is 458 g/mol. The average Bonchev–Trinajstić information content (AvgIpc) is 2.85. The highest BCUT2D eigenvalue weighted by Crippen LogP contribution is 2.29. The van der Waals surface area contributed by atoms with Crippen molar-refractivity contribution in [1.82, 2.24) is 14.9 Å². The Bertz CT molecular complexity index is 1370. The minimum atomic E-state index is -0.377. The van der Waals surface area contributed by atoms with Crippen LogP contribution in [0.5, 0.6) is 11.5 Å². The van der Waals surface area contributed by atoms with Crippen LogP contribution >= 0.6 is 12.2 Å². The number of nitrogens with zero attached hydrogens (tertiary/aromatic N) is 3. The number of hydrogen-bond donors (Lipinski definition) is 1. The maximum Gasteiger partial charge on any atom is 0.296 e. The van der Waals surface area contributed by atoms with Crippen LogP contribution in [0, 0.1) is 11.7 Å². The molecule has 0 fully saturated rings. The molecule has 0 spiro atoms. The number of rotatable bonds is 8. The Morgan fingerprint density at radius 3 is 2.18 bits per heavy atom. The van der Waals surface area contributed by atoms with Crippen LogP contribution in [0.2, 0.25) is 0 Å². The van der Waals surface area contributed by atoms with Gasteiger partial charge in [-0.1, -0.05) is 60.7 Å². The van der Waals surface area contributed by atoms with E-state index in [1.807, 2.05) is 78.9 Å². The number of aromatic amines is 1. The smallest absolute Gasteiger partial charge is 0.296 e. The van der Waals surface area contributed by atoms with Crippen LogP contribution in [0.3, 0.4) is 0 Å². The lowest BCUT2D eigenvalue weighted by Gasteiger charge is -2.14. The van der Waals surface area contributed by atoms with Gasteiger partial charge in [0.05, 0.1) is 6.21 Å². The summed E-state index contributed by atoms with van der Waals surface area (Å²) in [4.78, 5) is 12.3. The molecular weight excluding hydrogens is 436 g/mol. The molecule has 8 heteroatoms. The number of nitrogens with one attached hydrogen (secondary N) is 1. The Kier molecular flexibility index (Phi) is 7.06. The quantitative estimate of drug-likeness (QED) is 0.307. The number of aromatic nitrogens is 3. The lowest BCUT2D eigenvalue weighted by molar-refractivity contribution is 0.256. The van der Waals surface area contributed by atoms with Gasteiger partial charge in [-0.2, -0.15) is 14.9 Å². The van der Waals surface area contributed by atoms with E-state index in [0.29, 0.717) is 24.7 Å². The second-order valence-corrected chi connectivity index (χ2v) is 7.62. The lowest BCUT2D eigenvalue weighted by Crippen LogP contribution is -2.22. The summed E-state index contributed by atoms with van der Waals surface area (Å²) in [6, 6.07) is 25.3. The van der Waals surface area contributed by atoms with E-state index in [-0.39, 0.29) is 16.0 Å². The van der Waals surface area contributed by atoms with Crippen LogP contribution in [0.25, 0.3) is 0 Å². The highest BCUT2D eigenvalue weighted by Gasteiger charge is 2.08. The van der Waals surface area contributed by atoms with E-state index in [0.717, 1.165) is 21.4 Å². The van der Waals surface area contributed by atoms with E-state index in [2.05, 4.69) is 15.3 Å². The van der Waals surface area contributed by atoms with Crippen molar-refractivity contribution in [3.05, 3.63) is 116 Å². The summed E-state index contributed by atoms with van der Waals surface area (Å²) in [5.41, 5.74) is 2.71. The number of ether oxygens (including phenoxy) is 2. The van der Waals surface area contributed by atoms with Crippen molar-refractivity contribution in [2.75, 3.05) is 0 Å². The fourth-order valence-electron chi connectivity index (χ4n) is 3.01. The molecule has 1 heterocycles. The number of hydrogen-bond acceptors (Lipinski definition) is 6. The van der Waals surface area contributed by atoms with Gasteiger partial charge < -0.3 is 9.47 Å². The second-order valence-electron chi connectivity index (χ2n) is 7.23. The summed E-state index contributed by atoms with van der Waals surface area (Å²) < 4.78 is 13.3. The normalized spacial score (nSPS) is 10.9. The fraction of sp³-hybridized carbons (Fsp3) is 0.120. The largest absolute Gasteiger partial charge is 0.485 e. The van der Waals surface area contributed by atoms with Crippen molar-refractivity contribution in [3.8, 4) is 11.5 Å². The first-order chi connectivity index (χ1) is 16.1. The van der Waals surface area contributed by atoms with E-state index < -0.39 is 0 Å². The third kappa shape index (κ3) is 5.81. The molecule has 0 radical (unpaired) electrons. The minimum absolute atomic E-state index is 0.116. The summed E-state index contributed by atoms with van der Waals surface area (Å²) in [5, 5.41) is 10.7. The third-order valence-corrected chi connectivity index (χ3v) is 5.04. The molecule has 4 aromatic rings. The Morgan fingerprint density at radius 2 is 1.55 bits per heavy atom. The molecule has 0 aliphatic carbocycles. The predicted octanol–water partition coefficient (Wildman–Crippen LogP) is 4.65. The summed E-state index contributed by atoms with van der Waals surface area (Å²) in [6.45, 7) is 2.39. The molecule has 0 amide bonds. The molecule has 0 saturated carbocycles. The van der Waals surface area contributed by atoms with Crippen LogP contribution in [-0.2, 0) is 13.2 Å². The average molecular weight is 459 g/mol. The van der Waals surface area contributed by atoms with Crippen LogP contribution in [-0.4, -0.2) is 21.1 Å². The maximum absolute atomic E-state index is 12.3. The molecule has 0 aliphatic rings. The Morgan fingerprint density at radius 1 is 0.939 bits per heavy atom. The van der Waals surface area contributed by atoms with E-state index in [9.17, 15) is 4.79 Å². The Labute approximate surface area is 196 Å². The van der Waals surface area contributed by atoms with Crippen molar-refractivity contribution in [1.29, 1.82) is 0 Å². The van der Waals surface area contributed by atoms with Gasteiger partial charge in [-0.05, 0) is 54.0 Å². The molecule has 0 atom stereocenters. The molecule has 33 heavy (non-hydrogen) atoms. The molecule has 0 unspecified atom stereocenters. The molecule has 0 aliphatic heterocycles. The van der Waals surface area contributed by atoms with E-state index >= 15 is 0 Å². The van der Waals surface area contributed by atoms with Crippen molar-refractivity contribution < 1.29 is 9.47 Å². The Hall–Kier alpha value is -4.04. The molecule has 0 saturated heterocycles. The zero-order valence-electron chi connectivity index (χ0n) is 18.0. The first-order valence-corrected chi connectivity index (χ1v) is 10.7. The van der Waals surface area contributed by atoms with E-state index in [4.69, 9.17) is 21.7 Å². The third-order valence-electron chi connectivity index (χ3n) is 4.78. The van der Waals surface area contributed by atoms with Gasteiger partial charge in [0.25, 0.3) is 5.56 Å². The van der Waals surface area contributed by atoms with Crippen molar-refractivity contribution in [3.63, 3.8) is 0 Å². The van der Waals surface area contributed by atoms with Crippen LogP contribution in [0.15, 0.2) is 88.8 Å². The molecule has 4 rings (SSSR count). The lowest BCUT2D eigenvalue weighted by atomic mass is 10.2. The van der Waals surface area contributed by atoms with Gasteiger partial charge in [-0.25, -0.2) is 0 Å². The van der Waals surface area contributed by atoms with E-state index in [1.165, 1.54) is 0 Å². The summed E-state index contributed by atoms with van der Waals surface area (Å²) in [7, 11) is 0. The first-order valence-electron chi connectivity index (χ1n) is 10.3. The van der Waals surface area contributed by atoms with Crippen LogP contribution in [0.4, 0.5) is 0 Å². The highest BCUT2D eigenvalue weighted by atomic mass is 32.1. The summed E-state index contributed by atoms with van der Waals surface area (Å²) >= 11 is 5.12. The fourth-order valence-corrected chi connectivity index (χ4v) is 3.18. The first kappa shape index (κ1) is 22.2. The van der Waals surface area contributed by atoms with Crippen molar-refractivity contribution in [2.24, 2.45) is 5.10 Å². The van der Waals surface area contributed by atoms with Gasteiger partial charge in [0.2, 0.25) is 4.77 Å². The predicted molar refractivity (Wildman–Crippen MR) is 129 cm³/mol. The summed E-state index contributed by atoms with van der Waals surface area (Å²) in [6.07, 6.45) is 1.54. The minimum Gasteiger partial charge on any atom is -0.485 e. The van der Waals surface area contributed by atoms with Crippen molar-refractivity contribution in [2.45, 2.75) is 20.1 Å². The molecular formula is C25H22N4O3S. The van der Waals surface area contributed by atoms with Crippen LogP contribution < -0.4 is 15.0 Å². The number of H-pyrrole nitrogens is 1. The van der Waals surface area contributed by atoms with Gasteiger partial charge in [0, 0.05) is 0 Å². The number of benzene rings is 3. The highest BCUT2D eigenvalue weighted by molar-refractivity contribution is 7.71. The zero-order valence-corrected chi connectivity index (χ0v) is 18.8. The molecule has 1 N–H and O–H groups in total.